The molecule has 0 radical (unpaired) electrons. The highest BCUT2D eigenvalue weighted by Crippen LogP contribution is 2.22. The first-order valence-corrected chi connectivity index (χ1v) is 10.2. The van der Waals surface area contributed by atoms with Crippen molar-refractivity contribution in [3.05, 3.63) is 52.8 Å². The highest BCUT2D eigenvalue weighted by molar-refractivity contribution is 7.89. The van der Waals surface area contributed by atoms with Crippen molar-refractivity contribution in [1.29, 1.82) is 0 Å². The molecule has 0 aliphatic rings. The summed E-state index contributed by atoms with van der Waals surface area (Å²) in [6, 6.07) is 8.36. The first kappa shape index (κ1) is 20.0. The van der Waals surface area contributed by atoms with Crippen LogP contribution in [0.2, 0.25) is 0 Å². The Balaban J connectivity index is 1.94. The zero-order valence-corrected chi connectivity index (χ0v) is 17.3. The number of sulfonamides is 1. The van der Waals surface area contributed by atoms with E-state index in [1.54, 1.807) is 36.0 Å². The van der Waals surface area contributed by atoms with Gasteiger partial charge in [0.05, 0.1) is 21.5 Å². The highest BCUT2D eigenvalue weighted by Gasteiger charge is 2.22. The van der Waals surface area contributed by atoms with Crippen LogP contribution >= 0.6 is 0 Å². The van der Waals surface area contributed by atoms with Crippen LogP contribution in [0.5, 0.6) is 0 Å². The second-order valence-electron chi connectivity index (χ2n) is 6.80. The number of carbonyl (C=O) groups excluding carboxylic acids is 1. The quantitative estimate of drug-likeness (QED) is 0.703. The molecule has 3 aromatic rings. The van der Waals surface area contributed by atoms with E-state index in [0.29, 0.717) is 33.5 Å². The molecule has 0 saturated carbocycles. The van der Waals surface area contributed by atoms with Crippen molar-refractivity contribution < 1.29 is 13.2 Å². The molecule has 0 spiro atoms. The van der Waals surface area contributed by atoms with Crippen LogP contribution in [0.1, 0.15) is 27.3 Å². The number of rotatable bonds is 5. The van der Waals surface area contributed by atoms with Crippen LogP contribution < -0.4 is 5.32 Å². The van der Waals surface area contributed by atoms with Crippen molar-refractivity contribution in [2.75, 3.05) is 14.1 Å². The van der Waals surface area contributed by atoms with Gasteiger partial charge in [0, 0.05) is 33.4 Å². The van der Waals surface area contributed by atoms with Gasteiger partial charge in [0.1, 0.15) is 0 Å². The highest BCUT2D eigenvalue weighted by atomic mass is 32.2. The third-order valence-corrected chi connectivity index (χ3v) is 6.43. The van der Waals surface area contributed by atoms with Crippen LogP contribution in [0, 0.1) is 13.8 Å². The Morgan fingerprint density at radius 1 is 1.21 bits per heavy atom. The van der Waals surface area contributed by atoms with E-state index in [9.17, 15) is 13.2 Å². The lowest BCUT2D eigenvalue weighted by atomic mass is 10.1. The molecule has 0 atom stereocenters. The molecule has 1 aromatic carbocycles. The van der Waals surface area contributed by atoms with Gasteiger partial charge >= 0.3 is 0 Å². The number of amides is 1. The van der Waals surface area contributed by atoms with Crippen LogP contribution in [0.4, 0.5) is 0 Å². The molecule has 148 valence electrons. The lowest BCUT2D eigenvalue weighted by Gasteiger charge is -2.15. The summed E-state index contributed by atoms with van der Waals surface area (Å²) in [4.78, 5) is 17.5. The summed E-state index contributed by atoms with van der Waals surface area (Å²) in [5, 5.41) is 7.88. The van der Waals surface area contributed by atoms with Gasteiger partial charge in [-0.1, -0.05) is 18.2 Å². The Morgan fingerprint density at radius 3 is 2.57 bits per heavy atom. The van der Waals surface area contributed by atoms with E-state index in [1.807, 2.05) is 13.8 Å². The molecule has 1 N–H and O–H groups in total. The molecule has 0 saturated heterocycles. The van der Waals surface area contributed by atoms with Crippen molar-refractivity contribution in [2.24, 2.45) is 7.05 Å². The fourth-order valence-corrected chi connectivity index (χ4v) is 4.23. The van der Waals surface area contributed by atoms with Gasteiger partial charge < -0.3 is 5.32 Å². The Bertz CT molecular complexity index is 1170. The van der Waals surface area contributed by atoms with Gasteiger partial charge in [0.2, 0.25) is 10.0 Å². The molecule has 0 bridgehead atoms. The summed E-state index contributed by atoms with van der Waals surface area (Å²) in [7, 11) is 1.13. The summed E-state index contributed by atoms with van der Waals surface area (Å²) in [6.07, 6.45) is 0. The minimum absolute atomic E-state index is 0.0875. The summed E-state index contributed by atoms with van der Waals surface area (Å²) in [5.41, 5.74) is 3.05. The van der Waals surface area contributed by atoms with Gasteiger partial charge in [-0.25, -0.2) is 17.7 Å². The molecule has 0 fully saturated rings. The van der Waals surface area contributed by atoms with E-state index in [0.717, 1.165) is 4.31 Å². The fraction of sp³-hybridized carbons (Fsp3) is 0.316. The molecule has 0 aliphatic carbocycles. The number of pyridine rings is 1. The predicted octanol–water partition coefficient (Wildman–Crippen LogP) is 1.77. The molecule has 2 heterocycles. The molecule has 28 heavy (non-hydrogen) atoms. The molecule has 3 rings (SSSR count). The smallest absolute Gasteiger partial charge is 0.252 e. The van der Waals surface area contributed by atoms with Gasteiger partial charge in [-0.2, -0.15) is 5.10 Å². The number of aromatic nitrogens is 3. The number of fused-ring (bicyclic) bond motifs is 1. The van der Waals surface area contributed by atoms with Crippen molar-refractivity contribution in [3.8, 4) is 0 Å². The van der Waals surface area contributed by atoms with Gasteiger partial charge in [-0.3, -0.25) is 9.48 Å². The monoisotopic (exact) mass is 401 g/mol. The predicted molar refractivity (Wildman–Crippen MR) is 106 cm³/mol. The first-order valence-electron chi connectivity index (χ1n) is 8.72. The lowest BCUT2D eigenvalue weighted by Crippen LogP contribution is -2.27. The van der Waals surface area contributed by atoms with E-state index in [4.69, 9.17) is 0 Å². The normalized spacial score (nSPS) is 11.9. The molecular formula is C19H23N5O3S. The van der Waals surface area contributed by atoms with Crippen molar-refractivity contribution in [2.45, 2.75) is 25.3 Å². The zero-order chi connectivity index (χ0) is 20.6. The van der Waals surface area contributed by atoms with Gasteiger partial charge in [0.15, 0.2) is 5.65 Å². The number of hydrogen-bond donors (Lipinski definition) is 1. The summed E-state index contributed by atoms with van der Waals surface area (Å²) < 4.78 is 27.9. The van der Waals surface area contributed by atoms with E-state index in [2.05, 4.69) is 15.4 Å². The zero-order valence-electron chi connectivity index (χ0n) is 16.5. The Morgan fingerprint density at radius 2 is 1.89 bits per heavy atom. The van der Waals surface area contributed by atoms with Crippen LogP contribution in [0.15, 0.2) is 35.2 Å². The summed E-state index contributed by atoms with van der Waals surface area (Å²) in [5.74, 6) is -0.302. The molecular weight excluding hydrogens is 378 g/mol. The third kappa shape index (κ3) is 3.50. The van der Waals surface area contributed by atoms with Crippen molar-refractivity contribution in [3.63, 3.8) is 0 Å². The number of carbonyl (C=O) groups is 1. The van der Waals surface area contributed by atoms with Crippen molar-refractivity contribution in [1.82, 2.24) is 24.4 Å². The summed E-state index contributed by atoms with van der Waals surface area (Å²) in [6.45, 7) is 3.73. The van der Waals surface area contributed by atoms with Crippen LogP contribution in [0.3, 0.4) is 0 Å². The minimum Gasteiger partial charge on any atom is -0.348 e. The summed E-state index contributed by atoms with van der Waals surface area (Å²) >= 11 is 0. The van der Waals surface area contributed by atoms with Crippen LogP contribution in [-0.2, 0) is 23.6 Å². The van der Waals surface area contributed by atoms with Gasteiger partial charge in [-0.15, -0.1) is 0 Å². The molecule has 0 unspecified atom stereocenters. The number of hydrogen-bond acceptors (Lipinski definition) is 5. The number of nitrogens with zero attached hydrogens (tertiary/aromatic N) is 4. The average Bonchev–Trinajstić information content (AvgIpc) is 2.92. The second kappa shape index (κ2) is 7.33. The minimum atomic E-state index is -3.61. The van der Waals surface area contributed by atoms with E-state index in [-0.39, 0.29) is 17.3 Å². The van der Waals surface area contributed by atoms with E-state index in [1.165, 1.54) is 20.2 Å². The number of benzene rings is 1. The number of aryl methyl sites for hydroxylation is 3. The molecule has 8 nitrogen and oxygen atoms in total. The molecule has 0 aliphatic heterocycles. The Hall–Kier alpha value is -2.78. The molecule has 9 heteroatoms. The second-order valence-corrected chi connectivity index (χ2v) is 8.92. The van der Waals surface area contributed by atoms with Crippen molar-refractivity contribution >= 4 is 27.0 Å². The SMILES string of the molecule is Cc1cc(C(=O)NCc2ccccc2S(=O)(=O)N(C)C)c2c(C)nn(C)c2n1. The van der Waals surface area contributed by atoms with E-state index < -0.39 is 10.0 Å². The topological polar surface area (TPSA) is 97.2 Å². The Labute approximate surface area is 164 Å². The van der Waals surface area contributed by atoms with Gasteiger partial charge in [0.25, 0.3) is 5.91 Å². The first-order chi connectivity index (χ1) is 13.1. The number of nitrogens with one attached hydrogen (secondary N) is 1. The maximum atomic E-state index is 12.9. The molecule has 2 aromatic heterocycles. The lowest BCUT2D eigenvalue weighted by molar-refractivity contribution is 0.0952. The third-order valence-electron chi connectivity index (χ3n) is 4.51. The van der Waals surface area contributed by atoms with Gasteiger partial charge in [-0.05, 0) is 31.5 Å². The molecule has 1 amide bonds. The van der Waals surface area contributed by atoms with E-state index >= 15 is 0 Å². The average molecular weight is 401 g/mol. The fourth-order valence-electron chi connectivity index (χ4n) is 3.12. The van der Waals surface area contributed by atoms with Crippen LogP contribution in [0.25, 0.3) is 11.0 Å². The standard InChI is InChI=1S/C19H23N5O3S/c1-12-10-15(17-13(2)22-24(5)18(17)21-12)19(25)20-11-14-8-6-7-9-16(14)28(26,27)23(3)4/h6-10H,11H2,1-5H3,(H,20,25). The maximum absolute atomic E-state index is 12.9. The Kier molecular flexibility index (Phi) is 5.22. The largest absolute Gasteiger partial charge is 0.348 e. The van der Waals surface area contributed by atoms with Crippen LogP contribution in [-0.4, -0.2) is 47.5 Å². The maximum Gasteiger partial charge on any atom is 0.252 e.